The second kappa shape index (κ2) is 18.1. The molecule has 13 nitrogen and oxygen atoms in total. The van der Waals surface area contributed by atoms with Crippen molar-refractivity contribution in [1.82, 2.24) is 49.7 Å². The summed E-state index contributed by atoms with van der Waals surface area (Å²) in [6.07, 6.45) is 9.99. The number of nitrogens with zero attached hydrogens (tertiary/aromatic N) is 8. The molecule has 0 aromatic carbocycles. The summed E-state index contributed by atoms with van der Waals surface area (Å²) in [6, 6.07) is 3.49. The van der Waals surface area contributed by atoms with Crippen LogP contribution in [0.15, 0.2) is 49.3 Å². The Bertz CT molecular complexity index is 2260. The molecule has 0 radical (unpaired) electrons. The average molecular weight is 816 g/mol. The van der Waals surface area contributed by atoms with Gasteiger partial charge in [-0.1, -0.05) is 23.2 Å². The van der Waals surface area contributed by atoms with E-state index in [9.17, 15) is 17.6 Å². The highest BCUT2D eigenvalue weighted by molar-refractivity contribution is 6.31. The maximum atomic E-state index is 14.4. The number of methoxy groups -OCH3 is 1. The van der Waals surface area contributed by atoms with Crippen LogP contribution in [0.3, 0.4) is 0 Å². The van der Waals surface area contributed by atoms with Crippen molar-refractivity contribution < 1.29 is 22.3 Å². The van der Waals surface area contributed by atoms with Gasteiger partial charge in [0.25, 0.3) is 6.43 Å². The van der Waals surface area contributed by atoms with Crippen LogP contribution in [0.4, 0.5) is 29.2 Å². The highest BCUT2D eigenvalue weighted by atomic mass is 35.5. The number of pyridine rings is 2. The Kier molecular flexibility index (Phi) is 12.8. The van der Waals surface area contributed by atoms with Crippen LogP contribution in [0.1, 0.15) is 25.7 Å². The Labute approximate surface area is 329 Å². The molecular formula is C37H40Cl2F4N12O. The number of H-pyrrole nitrogens is 2. The number of likely N-dealkylation sites (tertiary alicyclic amines) is 2. The van der Waals surface area contributed by atoms with Gasteiger partial charge in [0, 0.05) is 85.5 Å². The molecule has 19 heteroatoms. The quantitative estimate of drug-likeness (QED) is 0.0978. The number of anilines is 2. The van der Waals surface area contributed by atoms with Crippen LogP contribution in [-0.4, -0.2) is 121 Å². The first kappa shape index (κ1) is 39.6. The Morgan fingerprint density at radius 1 is 0.768 bits per heavy atom. The second-order valence-corrected chi connectivity index (χ2v) is 14.6. The third kappa shape index (κ3) is 9.64. The lowest BCUT2D eigenvalue weighted by atomic mass is 10.1. The number of hydrogen-bond donors (Lipinski definition) is 4. The molecule has 2 atom stereocenters. The number of hydrogen-bond acceptors (Lipinski definition) is 11. The number of nitrogens with one attached hydrogen (secondary N) is 4. The summed E-state index contributed by atoms with van der Waals surface area (Å²) in [7, 11) is 1.70. The summed E-state index contributed by atoms with van der Waals surface area (Å²) in [5, 5.41) is 8.82. The maximum absolute atomic E-state index is 14.4. The minimum absolute atomic E-state index is 0.0539. The van der Waals surface area contributed by atoms with Crippen LogP contribution in [0.25, 0.3) is 44.8 Å². The molecule has 4 N–H and O–H groups in total. The first-order chi connectivity index (χ1) is 27.1. The van der Waals surface area contributed by atoms with E-state index in [4.69, 9.17) is 27.9 Å². The average Bonchev–Trinajstić information content (AvgIpc) is 3.80. The predicted octanol–water partition coefficient (Wildman–Crippen LogP) is 7.29. The van der Waals surface area contributed by atoms with Crippen LogP contribution in [0, 0.1) is 11.6 Å². The molecule has 6 aromatic heterocycles. The minimum Gasteiger partial charge on any atom is -0.383 e. The first-order valence-corrected chi connectivity index (χ1v) is 18.9. The monoisotopic (exact) mass is 814 g/mol. The van der Waals surface area contributed by atoms with Gasteiger partial charge >= 0.3 is 0 Å². The number of rotatable bonds is 11. The smallest absolute Gasteiger partial charge is 0.251 e. The topological polar surface area (TPSA) is 149 Å². The molecule has 296 valence electrons. The van der Waals surface area contributed by atoms with E-state index in [-0.39, 0.29) is 30.3 Å². The van der Waals surface area contributed by atoms with Gasteiger partial charge in [-0.3, -0.25) is 9.80 Å². The molecule has 2 saturated heterocycles. The van der Waals surface area contributed by atoms with Crippen molar-refractivity contribution in [3.63, 3.8) is 0 Å². The van der Waals surface area contributed by atoms with E-state index in [0.29, 0.717) is 58.2 Å². The van der Waals surface area contributed by atoms with E-state index < -0.39 is 18.1 Å². The third-order valence-electron chi connectivity index (χ3n) is 9.67. The number of fused-ring (bicyclic) bond motifs is 2. The second-order valence-electron chi connectivity index (χ2n) is 13.7. The molecule has 2 aliphatic heterocycles. The first-order valence-electron chi connectivity index (χ1n) is 18.2. The van der Waals surface area contributed by atoms with E-state index in [1.165, 1.54) is 12.4 Å². The van der Waals surface area contributed by atoms with Crippen LogP contribution < -0.4 is 10.6 Å². The van der Waals surface area contributed by atoms with Crippen LogP contribution >= 0.6 is 23.2 Å². The molecular weight excluding hydrogens is 775 g/mol. The van der Waals surface area contributed by atoms with Gasteiger partial charge in [-0.2, -0.15) is 0 Å². The summed E-state index contributed by atoms with van der Waals surface area (Å²) >= 11 is 12.1. The van der Waals surface area contributed by atoms with Crippen molar-refractivity contribution in [1.29, 1.82) is 0 Å². The zero-order chi connectivity index (χ0) is 39.2. The van der Waals surface area contributed by atoms with E-state index in [2.05, 4.69) is 55.4 Å². The molecule has 6 aromatic rings. The van der Waals surface area contributed by atoms with Crippen molar-refractivity contribution in [3.8, 4) is 22.8 Å². The molecule has 8 heterocycles. The van der Waals surface area contributed by atoms with Crippen molar-refractivity contribution in [3.05, 3.63) is 71.0 Å². The summed E-state index contributed by atoms with van der Waals surface area (Å²) in [5.41, 5.74) is 2.69. The molecule has 0 amide bonds. The van der Waals surface area contributed by atoms with E-state index in [1.807, 2.05) is 0 Å². The standard InChI is InChI=1S/C19H22ClFN6O.C18H18ClF3N6/c1-28-6-5-27-4-2-3-13(11-27)25-19-16(21)10-24-18(26-19)15-9-23-17-14(15)7-12(20)8-22-17;19-10-4-12-13(6-24-16(12)23-5-10)17-25-7-14(20)18(27-17)26-11-2-1-3-28(8-11)9-15(21)22/h7-10,13H,2-6,11H2,1H3,(H,22,23)(H,24,25,26);4-7,11,15H,1-3,8-9H2,(H,23,24)(H,25,26,27). The summed E-state index contributed by atoms with van der Waals surface area (Å²) in [5.74, 6) is -0.0450. The van der Waals surface area contributed by atoms with Crippen LogP contribution in [0.5, 0.6) is 0 Å². The van der Waals surface area contributed by atoms with Gasteiger partial charge in [0.2, 0.25) is 0 Å². The van der Waals surface area contributed by atoms with Crippen molar-refractivity contribution in [2.45, 2.75) is 44.2 Å². The lowest BCUT2D eigenvalue weighted by Gasteiger charge is -2.33. The van der Waals surface area contributed by atoms with Crippen LogP contribution in [-0.2, 0) is 4.74 Å². The zero-order valence-corrected chi connectivity index (χ0v) is 31.9. The molecule has 8 rings (SSSR count). The van der Waals surface area contributed by atoms with Gasteiger partial charge in [0.15, 0.2) is 34.9 Å². The normalized spacial score (nSPS) is 18.0. The highest BCUT2D eigenvalue weighted by Gasteiger charge is 2.25. The number of halogens is 6. The Morgan fingerprint density at radius 3 is 1.77 bits per heavy atom. The fourth-order valence-corrected chi connectivity index (χ4v) is 7.36. The number of aromatic amines is 2. The number of aromatic nitrogens is 8. The van der Waals surface area contributed by atoms with Crippen molar-refractivity contribution in [2.24, 2.45) is 0 Å². The van der Waals surface area contributed by atoms with Gasteiger partial charge in [-0.25, -0.2) is 47.5 Å². The number of piperidine rings is 2. The van der Waals surface area contributed by atoms with Gasteiger partial charge in [-0.15, -0.1) is 0 Å². The maximum Gasteiger partial charge on any atom is 0.251 e. The van der Waals surface area contributed by atoms with Gasteiger partial charge < -0.3 is 25.3 Å². The van der Waals surface area contributed by atoms with Gasteiger partial charge in [0.05, 0.1) is 35.6 Å². The number of ether oxygens (including phenoxy) is 1. The van der Waals surface area contributed by atoms with Gasteiger partial charge in [0.1, 0.15) is 11.3 Å². The highest BCUT2D eigenvalue weighted by Crippen LogP contribution is 2.30. The summed E-state index contributed by atoms with van der Waals surface area (Å²) in [6.45, 7) is 4.17. The van der Waals surface area contributed by atoms with Crippen LogP contribution in [0.2, 0.25) is 10.0 Å². The SMILES string of the molecule is COCCN1CCCC(Nc2nc(-c3c[nH]c4ncc(Cl)cc34)ncc2F)C1.Fc1cnc(-c2c[nH]c3ncc(Cl)cc23)nc1NC1CCCN(CC(F)F)C1. The predicted molar refractivity (Wildman–Crippen MR) is 208 cm³/mol. The molecule has 0 spiro atoms. The Morgan fingerprint density at radius 2 is 1.27 bits per heavy atom. The molecule has 56 heavy (non-hydrogen) atoms. The molecule has 0 saturated carbocycles. The summed E-state index contributed by atoms with van der Waals surface area (Å²) < 4.78 is 59.1. The minimum atomic E-state index is -2.39. The Hall–Kier alpha value is -4.68. The molecule has 2 unspecified atom stereocenters. The van der Waals surface area contributed by atoms with E-state index in [0.717, 1.165) is 67.9 Å². The fraction of sp³-hybridized carbons (Fsp3) is 0.405. The molecule has 0 bridgehead atoms. The summed E-state index contributed by atoms with van der Waals surface area (Å²) in [4.78, 5) is 35.5. The molecule has 0 aliphatic carbocycles. The van der Waals surface area contributed by atoms with Gasteiger partial charge in [-0.05, 0) is 50.9 Å². The lowest BCUT2D eigenvalue weighted by Crippen LogP contribution is -2.44. The molecule has 2 fully saturated rings. The largest absolute Gasteiger partial charge is 0.383 e. The Balaban J connectivity index is 0.000000172. The van der Waals surface area contributed by atoms with Crippen molar-refractivity contribution >= 4 is 56.9 Å². The number of alkyl halides is 2. The zero-order valence-electron chi connectivity index (χ0n) is 30.4. The van der Waals surface area contributed by atoms with E-state index >= 15 is 0 Å². The fourth-order valence-electron chi connectivity index (χ4n) is 7.04. The van der Waals surface area contributed by atoms with Crippen molar-refractivity contribution in [2.75, 3.05) is 63.6 Å². The third-order valence-corrected chi connectivity index (χ3v) is 10.1. The van der Waals surface area contributed by atoms with E-state index in [1.54, 1.807) is 42.7 Å². The lowest BCUT2D eigenvalue weighted by molar-refractivity contribution is 0.0761. The molecule has 2 aliphatic rings.